The summed E-state index contributed by atoms with van der Waals surface area (Å²) < 4.78 is 72.4. The van der Waals surface area contributed by atoms with Crippen LogP contribution in [0.25, 0.3) is 4.85 Å². The second-order valence-electron chi connectivity index (χ2n) is 6.71. The van der Waals surface area contributed by atoms with E-state index in [0.717, 1.165) is 12.1 Å². The number of rotatable bonds is 5. The first-order valence-electron chi connectivity index (χ1n) is 8.75. The lowest BCUT2D eigenvalue weighted by atomic mass is 9.88. The summed E-state index contributed by atoms with van der Waals surface area (Å²) in [6.45, 7) is 5.35. The summed E-state index contributed by atoms with van der Waals surface area (Å²) in [6.07, 6.45) is -7.67. The number of halogens is 5. The maximum atomic E-state index is 14.5. The lowest BCUT2D eigenvalue weighted by molar-refractivity contribution is -0.209. The topological polar surface area (TPSA) is 94.8 Å². The molecule has 0 amide bonds. The van der Waals surface area contributed by atoms with Crippen molar-refractivity contribution >= 4 is 17.5 Å². The Kier molecular flexibility index (Phi) is 5.88. The minimum absolute atomic E-state index is 0.00532. The van der Waals surface area contributed by atoms with E-state index in [1.807, 2.05) is 0 Å². The first kappa shape index (κ1) is 22.1. The van der Waals surface area contributed by atoms with Crippen molar-refractivity contribution in [3.05, 3.63) is 64.8 Å². The van der Waals surface area contributed by atoms with Crippen molar-refractivity contribution in [3.8, 4) is 0 Å². The van der Waals surface area contributed by atoms with E-state index < -0.39 is 60.7 Å². The molecule has 2 N–H and O–H groups in total. The van der Waals surface area contributed by atoms with Gasteiger partial charge in [0.1, 0.15) is 29.4 Å². The van der Waals surface area contributed by atoms with E-state index in [1.54, 1.807) is 0 Å². The molecule has 0 saturated carbocycles. The Morgan fingerprint density at radius 1 is 1.32 bits per heavy atom. The molecule has 0 radical (unpaired) electrons. The van der Waals surface area contributed by atoms with Crippen LogP contribution < -0.4 is 5.73 Å². The van der Waals surface area contributed by atoms with E-state index >= 15 is 0 Å². The number of hydrogen-bond acceptors (Lipinski definition) is 6. The van der Waals surface area contributed by atoms with Gasteiger partial charge in [-0.05, 0) is 18.2 Å². The number of nitrogens with two attached hydrogens (primary N) is 1. The number of aliphatic imine (C=N–C) groups is 1. The van der Waals surface area contributed by atoms with Gasteiger partial charge >= 0.3 is 6.18 Å². The van der Waals surface area contributed by atoms with Crippen LogP contribution in [0.2, 0.25) is 0 Å². The van der Waals surface area contributed by atoms with Gasteiger partial charge in [-0.3, -0.25) is 14.8 Å². The monoisotopic (exact) mass is 439 g/mol. The number of Topliss-reactive ketones (excluding diaryl/α,β-unsaturated/α-hetero) is 1. The fraction of sp³-hybridized carbons (Fsp3) is 0.316. The number of aromatic nitrogens is 2. The number of ether oxygens (including phenoxy) is 1. The number of amidine groups is 1. The summed E-state index contributed by atoms with van der Waals surface area (Å²) in [6, 6.07) is 3.76. The summed E-state index contributed by atoms with van der Waals surface area (Å²) in [4.78, 5) is 26.9. The van der Waals surface area contributed by atoms with Gasteiger partial charge in [-0.25, -0.2) is 18.6 Å². The van der Waals surface area contributed by atoms with Gasteiger partial charge in [0, 0.05) is 18.3 Å². The molecule has 3 rings (SSSR count). The van der Waals surface area contributed by atoms with Crippen molar-refractivity contribution in [1.29, 1.82) is 0 Å². The summed E-state index contributed by atoms with van der Waals surface area (Å²) in [5.41, 5.74) is 2.43. The quantitative estimate of drug-likeness (QED) is 0.438. The van der Waals surface area contributed by atoms with E-state index in [-0.39, 0.29) is 17.1 Å². The molecule has 0 fully saturated rings. The number of carbonyl (C=O) groups excluding carboxylic acids is 1. The zero-order chi connectivity index (χ0) is 22.8. The average Bonchev–Trinajstić information content (AvgIpc) is 2.74. The summed E-state index contributed by atoms with van der Waals surface area (Å²) in [5.74, 6) is -1.65. The van der Waals surface area contributed by atoms with Gasteiger partial charge in [-0.15, -0.1) is 0 Å². The van der Waals surface area contributed by atoms with Crippen molar-refractivity contribution in [1.82, 2.24) is 9.97 Å². The Hall–Kier alpha value is -3.62. The van der Waals surface area contributed by atoms with Crippen LogP contribution in [0.15, 0.2) is 35.5 Å². The van der Waals surface area contributed by atoms with E-state index in [2.05, 4.69) is 24.5 Å². The molecule has 0 aliphatic carbocycles. The Morgan fingerprint density at radius 3 is 2.65 bits per heavy atom. The number of hydrogen-bond donors (Lipinski definition) is 1. The Morgan fingerprint density at radius 2 is 2.06 bits per heavy atom. The first-order chi connectivity index (χ1) is 14.6. The lowest BCUT2D eigenvalue weighted by Crippen LogP contribution is -2.48. The highest BCUT2D eigenvalue weighted by atomic mass is 19.4. The molecule has 2 aromatic rings. The van der Waals surface area contributed by atoms with E-state index in [1.165, 1.54) is 18.3 Å². The Balaban J connectivity index is 1.94. The highest BCUT2D eigenvalue weighted by molar-refractivity contribution is 5.95. The van der Waals surface area contributed by atoms with Gasteiger partial charge in [0.2, 0.25) is 5.69 Å². The molecular weight excluding hydrogens is 425 g/mol. The summed E-state index contributed by atoms with van der Waals surface area (Å²) in [5, 5.41) is 0. The SMILES string of the molecule is [C-]#[N+]c1ccc(C(=O)Cc2ccc(F)c([C@]3(CF)C[C@@H](C(F)(F)F)OC(N)=N3)n2)nc1. The molecule has 1 aliphatic heterocycles. The molecule has 162 valence electrons. The molecule has 0 aromatic carbocycles. The number of carbonyl (C=O) groups is 1. The Bertz CT molecular complexity index is 1060. The largest absolute Gasteiger partial charge is 0.452 e. The summed E-state index contributed by atoms with van der Waals surface area (Å²) >= 11 is 0. The minimum Gasteiger partial charge on any atom is -0.452 e. The maximum absolute atomic E-state index is 14.5. The maximum Gasteiger partial charge on any atom is 0.425 e. The zero-order valence-corrected chi connectivity index (χ0v) is 15.7. The first-order valence-corrected chi connectivity index (χ1v) is 8.75. The molecule has 2 atom stereocenters. The van der Waals surface area contributed by atoms with Gasteiger partial charge in [-0.2, -0.15) is 13.2 Å². The highest BCUT2D eigenvalue weighted by Gasteiger charge is 2.52. The van der Waals surface area contributed by atoms with Gasteiger partial charge in [0.25, 0.3) is 6.02 Å². The summed E-state index contributed by atoms with van der Waals surface area (Å²) in [7, 11) is 0. The standard InChI is InChI=1S/C19H14F5N5O2/c1-26-11-3-5-13(27-8-11)14(30)6-10-2-4-12(21)16(28-10)18(9-20)7-15(19(22,23)24)31-17(25)29-18/h2-5,8,15H,6-7,9H2,(H2,25,29)/t15-,18+/m0/s1. The molecule has 0 saturated heterocycles. The Labute approximate surface area is 172 Å². The van der Waals surface area contributed by atoms with Crippen LogP contribution in [0.3, 0.4) is 0 Å². The van der Waals surface area contributed by atoms with Crippen molar-refractivity contribution in [2.24, 2.45) is 10.7 Å². The molecular formula is C19H14F5N5O2. The minimum atomic E-state index is -4.89. The third kappa shape index (κ3) is 4.60. The molecule has 0 bridgehead atoms. The van der Waals surface area contributed by atoms with Crippen LogP contribution >= 0.6 is 0 Å². The third-order valence-electron chi connectivity index (χ3n) is 4.55. The number of alkyl halides is 4. The van der Waals surface area contributed by atoms with E-state index in [4.69, 9.17) is 12.3 Å². The molecule has 0 spiro atoms. The number of nitrogens with zero attached hydrogens (tertiary/aromatic N) is 4. The van der Waals surface area contributed by atoms with Crippen molar-refractivity contribution in [2.45, 2.75) is 30.7 Å². The van der Waals surface area contributed by atoms with Crippen molar-refractivity contribution in [3.63, 3.8) is 0 Å². The van der Waals surface area contributed by atoms with Crippen LogP contribution in [0.5, 0.6) is 0 Å². The molecule has 31 heavy (non-hydrogen) atoms. The normalized spacial score (nSPS) is 21.0. The smallest absolute Gasteiger partial charge is 0.425 e. The molecule has 3 heterocycles. The fourth-order valence-corrected chi connectivity index (χ4v) is 3.04. The van der Waals surface area contributed by atoms with Crippen molar-refractivity contribution < 1.29 is 31.5 Å². The molecule has 0 unspecified atom stereocenters. The van der Waals surface area contributed by atoms with Crippen LogP contribution in [0, 0.1) is 12.4 Å². The van der Waals surface area contributed by atoms with Crippen LogP contribution in [-0.2, 0) is 16.7 Å². The zero-order valence-electron chi connectivity index (χ0n) is 15.7. The van der Waals surface area contributed by atoms with Gasteiger partial charge < -0.3 is 10.5 Å². The van der Waals surface area contributed by atoms with E-state index in [0.29, 0.717) is 0 Å². The second kappa shape index (κ2) is 8.25. The van der Waals surface area contributed by atoms with Crippen LogP contribution in [0.1, 0.15) is 28.3 Å². The molecule has 12 heteroatoms. The predicted molar refractivity (Wildman–Crippen MR) is 97.5 cm³/mol. The van der Waals surface area contributed by atoms with Crippen LogP contribution in [-0.4, -0.2) is 40.7 Å². The van der Waals surface area contributed by atoms with Crippen molar-refractivity contribution in [2.75, 3.05) is 6.67 Å². The predicted octanol–water partition coefficient (Wildman–Crippen LogP) is 3.42. The van der Waals surface area contributed by atoms with Crippen LogP contribution in [0.4, 0.5) is 27.6 Å². The molecule has 2 aromatic heterocycles. The molecule has 7 nitrogen and oxygen atoms in total. The molecule has 1 aliphatic rings. The second-order valence-corrected chi connectivity index (χ2v) is 6.71. The van der Waals surface area contributed by atoms with Gasteiger partial charge in [0.15, 0.2) is 11.9 Å². The lowest BCUT2D eigenvalue weighted by Gasteiger charge is -2.35. The fourth-order valence-electron chi connectivity index (χ4n) is 3.04. The van der Waals surface area contributed by atoms with Gasteiger partial charge in [-0.1, -0.05) is 6.07 Å². The third-order valence-corrected chi connectivity index (χ3v) is 4.55. The van der Waals surface area contributed by atoms with Gasteiger partial charge in [0.05, 0.1) is 13.0 Å². The number of ketones is 1. The van der Waals surface area contributed by atoms with E-state index in [9.17, 15) is 26.7 Å². The number of pyridine rings is 2. The average molecular weight is 439 g/mol. The highest BCUT2D eigenvalue weighted by Crippen LogP contribution is 2.40.